The van der Waals surface area contributed by atoms with Crippen molar-refractivity contribution in [1.29, 1.82) is 0 Å². The molecule has 1 N–H and O–H groups in total. The van der Waals surface area contributed by atoms with Gasteiger partial charge in [0.15, 0.2) is 0 Å². The minimum Gasteiger partial charge on any atom is -0.496 e. The van der Waals surface area contributed by atoms with Crippen LogP contribution in [0.2, 0.25) is 0 Å². The van der Waals surface area contributed by atoms with Gasteiger partial charge in [-0.1, -0.05) is 6.07 Å². The van der Waals surface area contributed by atoms with Gasteiger partial charge in [0.1, 0.15) is 17.0 Å². The number of piperidine rings is 1. The van der Waals surface area contributed by atoms with Crippen molar-refractivity contribution < 1.29 is 4.74 Å². The van der Waals surface area contributed by atoms with Gasteiger partial charge >= 0.3 is 0 Å². The predicted molar refractivity (Wildman–Crippen MR) is 78.4 cm³/mol. The number of fused-ring (bicyclic) bond motifs is 1. The van der Waals surface area contributed by atoms with Gasteiger partial charge in [-0.25, -0.2) is 4.98 Å². The Morgan fingerprint density at radius 3 is 3.00 bits per heavy atom. The summed E-state index contributed by atoms with van der Waals surface area (Å²) in [5.74, 6) is 1.36. The number of benzene rings is 1. The molecular formula is C15H19N3O2. The molecule has 3 rings (SSSR count). The summed E-state index contributed by atoms with van der Waals surface area (Å²) in [7, 11) is 1.58. The molecule has 2 aromatic rings. The lowest BCUT2D eigenvalue weighted by molar-refractivity contribution is 0.356. The van der Waals surface area contributed by atoms with E-state index in [4.69, 9.17) is 4.74 Å². The van der Waals surface area contributed by atoms with E-state index in [1.54, 1.807) is 7.11 Å². The predicted octanol–water partition coefficient (Wildman–Crippen LogP) is 1.64. The van der Waals surface area contributed by atoms with Crippen LogP contribution in [0.15, 0.2) is 23.0 Å². The quantitative estimate of drug-likeness (QED) is 0.903. The third kappa shape index (κ3) is 2.08. The van der Waals surface area contributed by atoms with Crippen LogP contribution in [0.4, 0.5) is 0 Å². The minimum absolute atomic E-state index is 0.00125. The minimum atomic E-state index is -0.00125. The number of methoxy groups -OCH3 is 1. The van der Waals surface area contributed by atoms with Crippen molar-refractivity contribution in [1.82, 2.24) is 14.9 Å². The first-order chi connectivity index (χ1) is 9.72. The van der Waals surface area contributed by atoms with Gasteiger partial charge in [0.25, 0.3) is 5.56 Å². The molecule has 1 atom stereocenters. The second-order valence-electron chi connectivity index (χ2n) is 5.19. The van der Waals surface area contributed by atoms with Crippen LogP contribution in [0, 0.1) is 6.92 Å². The van der Waals surface area contributed by atoms with E-state index in [2.05, 4.69) is 10.3 Å². The van der Waals surface area contributed by atoms with Gasteiger partial charge in [-0.15, -0.1) is 0 Å². The molecule has 5 heteroatoms. The standard InChI is InChI=1S/C15H19N3O2/c1-10-17-12-6-3-7-13(20-2)14(12)15(19)18(10)11-5-4-8-16-9-11/h3,6-7,11,16H,4-5,8-9H2,1-2H3. The van der Waals surface area contributed by atoms with Crippen molar-refractivity contribution in [3.8, 4) is 5.75 Å². The van der Waals surface area contributed by atoms with Crippen molar-refractivity contribution in [2.45, 2.75) is 25.8 Å². The van der Waals surface area contributed by atoms with Crippen molar-refractivity contribution in [2.24, 2.45) is 0 Å². The van der Waals surface area contributed by atoms with Crippen LogP contribution in [0.3, 0.4) is 0 Å². The Kier molecular flexibility index (Phi) is 3.44. The Bertz CT molecular complexity index is 687. The van der Waals surface area contributed by atoms with Gasteiger partial charge in [0, 0.05) is 6.54 Å². The lowest BCUT2D eigenvalue weighted by Crippen LogP contribution is -2.38. The molecule has 0 amide bonds. The first-order valence-corrected chi connectivity index (χ1v) is 6.99. The van der Waals surface area contributed by atoms with Crippen LogP contribution < -0.4 is 15.6 Å². The van der Waals surface area contributed by atoms with Crippen molar-refractivity contribution in [2.75, 3.05) is 20.2 Å². The van der Waals surface area contributed by atoms with E-state index in [0.29, 0.717) is 16.7 Å². The highest BCUT2D eigenvalue weighted by molar-refractivity contribution is 5.84. The zero-order chi connectivity index (χ0) is 14.1. The molecule has 1 aliphatic heterocycles. The van der Waals surface area contributed by atoms with Crippen molar-refractivity contribution >= 4 is 10.9 Å². The Labute approximate surface area is 117 Å². The maximum absolute atomic E-state index is 12.8. The number of nitrogens with one attached hydrogen (secondary N) is 1. The summed E-state index contributed by atoms with van der Waals surface area (Å²) in [6.45, 7) is 3.74. The molecule has 1 saturated heterocycles. The van der Waals surface area contributed by atoms with Gasteiger partial charge in [-0.3, -0.25) is 9.36 Å². The lowest BCUT2D eigenvalue weighted by Gasteiger charge is -2.26. The monoisotopic (exact) mass is 273 g/mol. The topological polar surface area (TPSA) is 56.1 Å². The van der Waals surface area contributed by atoms with Crippen LogP contribution in [-0.2, 0) is 0 Å². The Hall–Kier alpha value is -1.88. The number of aryl methyl sites for hydroxylation is 1. The van der Waals surface area contributed by atoms with Crippen LogP contribution in [0.25, 0.3) is 10.9 Å². The zero-order valence-electron chi connectivity index (χ0n) is 11.8. The molecule has 0 radical (unpaired) electrons. The Morgan fingerprint density at radius 1 is 1.45 bits per heavy atom. The molecule has 20 heavy (non-hydrogen) atoms. The number of hydrogen-bond acceptors (Lipinski definition) is 4. The fraction of sp³-hybridized carbons (Fsp3) is 0.467. The maximum atomic E-state index is 12.8. The molecular weight excluding hydrogens is 254 g/mol. The van der Waals surface area contributed by atoms with E-state index in [1.165, 1.54) is 0 Å². The molecule has 0 saturated carbocycles. The summed E-state index contributed by atoms with van der Waals surface area (Å²) in [6.07, 6.45) is 2.09. The molecule has 1 unspecified atom stereocenters. The summed E-state index contributed by atoms with van der Waals surface area (Å²) in [4.78, 5) is 17.4. The fourth-order valence-corrected chi connectivity index (χ4v) is 2.98. The first-order valence-electron chi connectivity index (χ1n) is 6.99. The van der Waals surface area contributed by atoms with Gasteiger partial charge < -0.3 is 10.1 Å². The molecule has 0 aliphatic carbocycles. The van der Waals surface area contributed by atoms with Gasteiger partial charge in [-0.2, -0.15) is 0 Å². The molecule has 0 spiro atoms. The average Bonchev–Trinajstić information content (AvgIpc) is 2.47. The summed E-state index contributed by atoms with van der Waals surface area (Å²) < 4.78 is 7.14. The van der Waals surface area contributed by atoms with Gasteiger partial charge in [0.2, 0.25) is 0 Å². The zero-order valence-corrected chi connectivity index (χ0v) is 11.8. The molecule has 1 fully saturated rings. The molecule has 5 nitrogen and oxygen atoms in total. The fourth-order valence-electron chi connectivity index (χ4n) is 2.98. The van der Waals surface area contributed by atoms with Gasteiger partial charge in [-0.05, 0) is 38.4 Å². The van der Waals surface area contributed by atoms with E-state index < -0.39 is 0 Å². The SMILES string of the molecule is COc1cccc2nc(C)n(C3CCCNC3)c(=O)c12. The van der Waals surface area contributed by atoms with E-state index in [9.17, 15) is 4.79 Å². The third-order valence-corrected chi connectivity index (χ3v) is 3.92. The van der Waals surface area contributed by atoms with Crippen LogP contribution in [0.5, 0.6) is 5.75 Å². The number of ether oxygens (including phenoxy) is 1. The Morgan fingerprint density at radius 2 is 2.30 bits per heavy atom. The Balaban J connectivity index is 2.24. The normalized spacial score (nSPS) is 19.2. The molecule has 106 valence electrons. The number of hydrogen-bond donors (Lipinski definition) is 1. The molecule has 1 aromatic heterocycles. The van der Waals surface area contributed by atoms with E-state index >= 15 is 0 Å². The van der Waals surface area contributed by atoms with E-state index in [1.807, 2.05) is 29.7 Å². The first kappa shape index (κ1) is 13.1. The highest BCUT2D eigenvalue weighted by Gasteiger charge is 2.20. The highest BCUT2D eigenvalue weighted by atomic mass is 16.5. The summed E-state index contributed by atoms with van der Waals surface area (Å²) in [5, 5.41) is 3.92. The second kappa shape index (κ2) is 5.25. The average molecular weight is 273 g/mol. The largest absolute Gasteiger partial charge is 0.496 e. The van der Waals surface area contributed by atoms with Crippen molar-refractivity contribution in [3.05, 3.63) is 34.4 Å². The number of nitrogens with zero attached hydrogens (tertiary/aromatic N) is 2. The third-order valence-electron chi connectivity index (χ3n) is 3.92. The van der Waals surface area contributed by atoms with Crippen LogP contribution in [-0.4, -0.2) is 29.8 Å². The lowest BCUT2D eigenvalue weighted by atomic mass is 10.1. The number of rotatable bonds is 2. The smallest absolute Gasteiger partial charge is 0.265 e. The van der Waals surface area contributed by atoms with Crippen molar-refractivity contribution in [3.63, 3.8) is 0 Å². The van der Waals surface area contributed by atoms with Crippen LogP contribution in [0.1, 0.15) is 24.7 Å². The maximum Gasteiger partial charge on any atom is 0.265 e. The van der Waals surface area contributed by atoms with Gasteiger partial charge in [0.05, 0.1) is 18.7 Å². The molecule has 0 bridgehead atoms. The summed E-state index contributed by atoms with van der Waals surface area (Å²) >= 11 is 0. The summed E-state index contributed by atoms with van der Waals surface area (Å²) in [6, 6.07) is 5.71. The van der Waals surface area contributed by atoms with Crippen LogP contribution >= 0.6 is 0 Å². The second-order valence-corrected chi connectivity index (χ2v) is 5.19. The molecule has 2 heterocycles. The summed E-state index contributed by atoms with van der Waals surface area (Å²) in [5.41, 5.74) is 0.700. The molecule has 1 aromatic carbocycles. The van der Waals surface area contributed by atoms with E-state index in [-0.39, 0.29) is 11.6 Å². The number of aromatic nitrogens is 2. The van der Waals surface area contributed by atoms with E-state index in [0.717, 1.165) is 31.8 Å². The highest BCUT2D eigenvalue weighted by Crippen LogP contribution is 2.23. The molecule has 1 aliphatic rings.